The molecule has 0 atom stereocenters. The summed E-state index contributed by atoms with van der Waals surface area (Å²) in [5.74, 6) is 7.92. The average molecular weight is 377 g/mol. The topological polar surface area (TPSA) is 0 Å². The van der Waals surface area contributed by atoms with Crippen LogP contribution in [0.2, 0.25) is 19.6 Å². The first-order valence-corrected chi connectivity index (χ1v) is 12.5. The van der Waals surface area contributed by atoms with E-state index in [2.05, 4.69) is 30.2 Å². The highest BCUT2D eigenvalue weighted by Gasteiger charge is 2.35. The number of unbranched alkanes of at least 4 members (excludes halogenated alkanes) is 4. The summed E-state index contributed by atoms with van der Waals surface area (Å²) in [7, 11) is -1.82. The number of benzene rings is 1. The summed E-state index contributed by atoms with van der Waals surface area (Å²) in [6.45, 7) is 8.12. The lowest BCUT2D eigenvalue weighted by Crippen LogP contribution is -2.17. The van der Waals surface area contributed by atoms with E-state index < -0.39 is 19.8 Å². The molecule has 4 heteroatoms. The first kappa shape index (κ1) is 22.1. The van der Waals surface area contributed by atoms with Crippen molar-refractivity contribution in [3.63, 3.8) is 0 Å². The summed E-state index contributed by atoms with van der Waals surface area (Å²) in [6.07, 6.45) is -0.0462. The molecule has 0 heterocycles. The molecule has 0 N–H and O–H groups in total. The Morgan fingerprint density at radius 1 is 0.962 bits per heavy atom. The van der Waals surface area contributed by atoms with Gasteiger partial charge >= 0.3 is 6.18 Å². The van der Waals surface area contributed by atoms with Crippen LogP contribution in [0.4, 0.5) is 13.2 Å². The lowest BCUT2D eigenvalue weighted by Gasteiger charge is -2.11. The number of rotatable bonds is 5. The maximum Gasteiger partial charge on any atom is 0.425 e. The summed E-state index contributed by atoms with van der Waals surface area (Å²) in [4.78, 5) is 0. The van der Waals surface area contributed by atoms with E-state index in [0.29, 0.717) is 12.0 Å². The molecule has 0 aliphatic rings. The van der Waals surface area contributed by atoms with E-state index >= 15 is 0 Å². The molecule has 0 aromatic heterocycles. The molecule has 0 aliphatic heterocycles. The van der Waals surface area contributed by atoms with Crippen molar-refractivity contribution in [3.05, 3.63) is 41.5 Å². The summed E-state index contributed by atoms with van der Waals surface area (Å²) in [5.41, 5.74) is 2.68. The predicted molar refractivity (Wildman–Crippen MR) is 107 cm³/mol. The van der Waals surface area contributed by atoms with Gasteiger partial charge in [-0.25, -0.2) is 0 Å². The molecule has 0 saturated heterocycles. The Balaban J connectivity index is 3.35. The van der Waals surface area contributed by atoms with E-state index in [1.165, 1.54) is 0 Å². The van der Waals surface area contributed by atoms with Gasteiger partial charge in [-0.3, -0.25) is 0 Å². The SMILES string of the molecule is CCCCCCC#C/C(=C(/C#C[Si](C)(C)C)c1ccccc1)C(F)(F)F. The number of hydrogen-bond donors (Lipinski definition) is 0. The molecule has 1 rings (SSSR count). The van der Waals surface area contributed by atoms with Crippen molar-refractivity contribution in [2.75, 3.05) is 0 Å². The van der Waals surface area contributed by atoms with Crippen molar-refractivity contribution >= 4 is 13.6 Å². The van der Waals surface area contributed by atoms with Crippen LogP contribution in [0, 0.1) is 23.3 Å². The van der Waals surface area contributed by atoms with Gasteiger partial charge in [0.05, 0.1) is 5.57 Å². The lowest BCUT2D eigenvalue weighted by atomic mass is 10.00. The maximum absolute atomic E-state index is 13.7. The van der Waals surface area contributed by atoms with Crippen molar-refractivity contribution in [2.24, 2.45) is 0 Å². The van der Waals surface area contributed by atoms with Crippen LogP contribution in [-0.4, -0.2) is 14.3 Å². The first-order valence-electron chi connectivity index (χ1n) is 9.04. The van der Waals surface area contributed by atoms with Crippen molar-refractivity contribution in [3.8, 4) is 23.3 Å². The molecule has 140 valence electrons. The van der Waals surface area contributed by atoms with Crippen molar-refractivity contribution in [1.29, 1.82) is 0 Å². The lowest BCUT2D eigenvalue weighted by molar-refractivity contribution is -0.0865. The minimum absolute atomic E-state index is 0.0124. The molecule has 1 aromatic carbocycles. The van der Waals surface area contributed by atoms with Gasteiger partial charge in [0.2, 0.25) is 0 Å². The van der Waals surface area contributed by atoms with Gasteiger partial charge in [0.1, 0.15) is 13.6 Å². The first-order chi connectivity index (χ1) is 12.1. The zero-order valence-electron chi connectivity index (χ0n) is 16.1. The van der Waals surface area contributed by atoms with Crippen LogP contribution in [-0.2, 0) is 0 Å². The third-order valence-electron chi connectivity index (χ3n) is 3.53. The quantitative estimate of drug-likeness (QED) is 0.299. The van der Waals surface area contributed by atoms with Crippen molar-refractivity contribution in [1.82, 2.24) is 0 Å². The van der Waals surface area contributed by atoms with E-state index in [-0.39, 0.29) is 5.57 Å². The van der Waals surface area contributed by atoms with Crippen LogP contribution in [0.3, 0.4) is 0 Å². The Bertz CT molecular complexity index is 714. The molecule has 0 nitrogen and oxygen atoms in total. The standard InChI is InChI=1S/C22H27F3Si/c1-5-6-7-8-9-13-16-21(22(23,24)25)20(17-18-26(2,3)4)19-14-11-10-12-15-19/h10-12,14-15H,5-9H2,1-4H3/b21-20+. The third kappa shape index (κ3) is 8.45. The van der Waals surface area contributed by atoms with Gasteiger partial charge in [0.25, 0.3) is 0 Å². The average Bonchev–Trinajstić information content (AvgIpc) is 2.55. The number of alkyl halides is 3. The second-order valence-electron chi connectivity index (χ2n) is 7.23. The van der Waals surface area contributed by atoms with Crippen LogP contribution >= 0.6 is 0 Å². The van der Waals surface area contributed by atoms with E-state index in [9.17, 15) is 13.2 Å². The molecular weight excluding hydrogens is 349 g/mol. The summed E-state index contributed by atoms with van der Waals surface area (Å²) in [6, 6.07) is 8.53. The molecule has 0 aliphatic carbocycles. The van der Waals surface area contributed by atoms with Crippen molar-refractivity contribution < 1.29 is 13.2 Å². The fourth-order valence-electron chi connectivity index (χ4n) is 2.20. The Hall–Kier alpha value is -1.91. The maximum atomic E-state index is 13.7. The van der Waals surface area contributed by atoms with Crippen LogP contribution in [0.25, 0.3) is 5.57 Å². The molecule has 0 radical (unpaired) electrons. The minimum atomic E-state index is -4.52. The smallest absolute Gasteiger partial charge is 0.165 e. The highest BCUT2D eigenvalue weighted by Crippen LogP contribution is 2.32. The molecule has 0 saturated carbocycles. The molecule has 0 amide bonds. The summed E-state index contributed by atoms with van der Waals surface area (Å²) < 4.78 is 41.1. The zero-order valence-corrected chi connectivity index (χ0v) is 17.1. The highest BCUT2D eigenvalue weighted by molar-refractivity contribution is 6.84. The number of halogens is 3. The molecular formula is C22H27F3Si. The predicted octanol–water partition coefficient (Wildman–Crippen LogP) is 6.86. The fraction of sp³-hybridized carbons (Fsp3) is 0.455. The molecule has 0 fully saturated rings. The monoisotopic (exact) mass is 376 g/mol. The van der Waals surface area contributed by atoms with Gasteiger partial charge in [-0.2, -0.15) is 13.2 Å². The Labute approximate surface area is 156 Å². The third-order valence-corrected chi connectivity index (χ3v) is 4.40. The Morgan fingerprint density at radius 3 is 2.15 bits per heavy atom. The van der Waals surface area contributed by atoms with Crippen LogP contribution < -0.4 is 0 Å². The van der Waals surface area contributed by atoms with E-state index in [4.69, 9.17) is 0 Å². The minimum Gasteiger partial charge on any atom is -0.165 e. The van der Waals surface area contributed by atoms with Crippen molar-refractivity contribution in [2.45, 2.75) is 64.8 Å². The largest absolute Gasteiger partial charge is 0.425 e. The van der Waals surface area contributed by atoms with Gasteiger partial charge in [-0.05, 0) is 12.0 Å². The molecule has 26 heavy (non-hydrogen) atoms. The second kappa shape index (κ2) is 10.3. The second-order valence-corrected chi connectivity index (χ2v) is 12.0. The Kier molecular flexibility index (Phi) is 8.76. The highest BCUT2D eigenvalue weighted by atomic mass is 28.3. The molecule has 0 spiro atoms. The van der Waals surface area contributed by atoms with E-state index in [0.717, 1.165) is 25.7 Å². The summed E-state index contributed by atoms with van der Waals surface area (Å²) in [5, 5.41) is 0. The van der Waals surface area contributed by atoms with Crippen LogP contribution in [0.5, 0.6) is 0 Å². The van der Waals surface area contributed by atoms with Gasteiger partial charge in [0, 0.05) is 6.42 Å². The zero-order chi connectivity index (χ0) is 19.6. The molecule has 0 bridgehead atoms. The normalized spacial score (nSPS) is 12.4. The van der Waals surface area contributed by atoms with Gasteiger partial charge in [0.15, 0.2) is 0 Å². The van der Waals surface area contributed by atoms with Gasteiger partial charge in [-0.1, -0.05) is 93.9 Å². The van der Waals surface area contributed by atoms with Crippen LogP contribution in [0.1, 0.15) is 44.6 Å². The number of hydrogen-bond acceptors (Lipinski definition) is 0. The van der Waals surface area contributed by atoms with Gasteiger partial charge in [-0.15, -0.1) is 5.54 Å². The summed E-state index contributed by atoms with van der Waals surface area (Å²) >= 11 is 0. The fourth-order valence-corrected chi connectivity index (χ4v) is 2.70. The van der Waals surface area contributed by atoms with Crippen LogP contribution in [0.15, 0.2) is 35.9 Å². The molecule has 1 aromatic rings. The van der Waals surface area contributed by atoms with E-state index in [1.807, 2.05) is 19.6 Å². The molecule has 0 unspecified atom stereocenters. The van der Waals surface area contributed by atoms with Gasteiger partial charge < -0.3 is 0 Å². The Morgan fingerprint density at radius 2 is 1.62 bits per heavy atom. The number of allylic oxidation sites excluding steroid dienone is 2. The van der Waals surface area contributed by atoms with E-state index in [1.54, 1.807) is 30.3 Å².